The van der Waals surface area contributed by atoms with E-state index in [2.05, 4.69) is 6.92 Å². The molecule has 0 saturated heterocycles. The second-order valence-electron chi connectivity index (χ2n) is 8.00. The first-order chi connectivity index (χ1) is 16.1. The fraction of sp³-hybridized carbons (Fsp3) is 0.185. The minimum Gasteiger partial charge on any atom is -0.494 e. The van der Waals surface area contributed by atoms with Gasteiger partial charge in [0.05, 0.1) is 23.6 Å². The third kappa shape index (κ3) is 3.79. The molecule has 0 spiro atoms. The van der Waals surface area contributed by atoms with E-state index in [-0.39, 0.29) is 17.1 Å². The fourth-order valence-electron chi connectivity index (χ4n) is 4.24. The van der Waals surface area contributed by atoms with Crippen LogP contribution in [0.5, 0.6) is 5.75 Å². The fourth-order valence-corrected chi connectivity index (χ4v) is 4.42. The molecule has 1 aliphatic heterocycles. The van der Waals surface area contributed by atoms with Gasteiger partial charge in [0, 0.05) is 10.7 Å². The number of carbonyl (C=O) groups is 1. The first-order valence-electron chi connectivity index (χ1n) is 11.0. The quantitative estimate of drug-likeness (QED) is 0.314. The molecule has 33 heavy (non-hydrogen) atoms. The van der Waals surface area contributed by atoms with Crippen molar-refractivity contribution in [2.75, 3.05) is 11.5 Å². The van der Waals surface area contributed by atoms with Crippen molar-refractivity contribution >= 4 is 34.2 Å². The van der Waals surface area contributed by atoms with Crippen LogP contribution in [0.1, 0.15) is 47.5 Å². The van der Waals surface area contributed by atoms with Gasteiger partial charge in [0.25, 0.3) is 5.91 Å². The van der Waals surface area contributed by atoms with Gasteiger partial charge in [0.15, 0.2) is 5.43 Å². The van der Waals surface area contributed by atoms with Crippen LogP contribution in [0.4, 0.5) is 5.69 Å². The summed E-state index contributed by atoms with van der Waals surface area (Å²) in [6.07, 6.45) is 1.97. The van der Waals surface area contributed by atoms with E-state index in [1.807, 2.05) is 24.3 Å². The third-order valence-corrected chi connectivity index (χ3v) is 6.04. The number of nitrogens with zero attached hydrogens (tertiary/aromatic N) is 1. The number of para-hydroxylation sites is 1. The molecule has 0 radical (unpaired) electrons. The maximum Gasteiger partial charge on any atom is 0.295 e. The predicted octanol–water partition coefficient (Wildman–Crippen LogP) is 6.38. The van der Waals surface area contributed by atoms with Crippen LogP contribution in [0, 0.1) is 0 Å². The van der Waals surface area contributed by atoms with Crippen molar-refractivity contribution in [3.63, 3.8) is 0 Å². The molecule has 2 heterocycles. The van der Waals surface area contributed by atoms with Gasteiger partial charge in [0.2, 0.25) is 5.76 Å². The third-order valence-electron chi connectivity index (χ3n) is 5.80. The van der Waals surface area contributed by atoms with Gasteiger partial charge in [-0.15, -0.1) is 0 Å². The molecule has 1 aliphatic rings. The number of hydrogen-bond donors (Lipinski definition) is 0. The van der Waals surface area contributed by atoms with Gasteiger partial charge in [-0.3, -0.25) is 14.5 Å². The Bertz CT molecular complexity index is 1410. The van der Waals surface area contributed by atoms with Gasteiger partial charge in [-0.05, 0) is 54.4 Å². The number of halogens is 1. The Balaban J connectivity index is 1.71. The van der Waals surface area contributed by atoms with Crippen molar-refractivity contribution in [1.29, 1.82) is 0 Å². The first kappa shape index (κ1) is 21.3. The van der Waals surface area contributed by atoms with Crippen molar-refractivity contribution < 1.29 is 13.9 Å². The zero-order valence-corrected chi connectivity index (χ0v) is 18.8. The van der Waals surface area contributed by atoms with E-state index in [9.17, 15) is 9.59 Å². The molecular weight excluding hydrogens is 438 g/mol. The summed E-state index contributed by atoms with van der Waals surface area (Å²) in [5.41, 5.74) is 1.85. The van der Waals surface area contributed by atoms with Crippen LogP contribution in [0.15, 0.2) is 82.0 Å². The van der Waals surface area contributed by atoms with E-state index in [0.29, 0.717) is 39.6 Å². The lowest BCUT2D eigenvalue weighted by molar-refractivity contribution is 0.0971. The van der Waals surface area contributed by atoms with Gasteiger partial charge >= 0.3 is 0 Å². The number of fused-ring (bicyclic) bond motifs is 2. The second kappa shape index (κ2) is 8.75. The average molecular weight is 460 g/mol. The van der Waals surface area contributed by atoms with Crippen LogP contribution in [0.3, 0.4) is 0 Å². The lowest BCUT2D eigenvalue weighted by atomic mass is 9.98. The molecule has 1 unspecified atom stereocenters. The SMILES string of the molecule is CCCCOc1cccc(C2c3c(oc4ccccc4c3=O)C(=O)N2c2cccc(Cl)c2)c1. The van der Waals surface area contributed by atoms with Crippen LogP contribution in [-0.4, -0.2) is 12.5 Å². The minimum absolute atomic E-state index is 0.0565. The maximum atomic E-state index is 13.6. The molecule has 5 nitrogen and oxygen atoms in total. The van der Waals surface area contributed by atoms with Crippen molar-refractivity contribution in [1.82, 2.24) is 0 Å². The van der Waals surface area contributed by atoms with Crippen molar-refractivity contribution in [2.45, 2.75) is 25.8 Å². The van der Waals surface area contributed by atoms with Crippen molar-refractivity contribution in [3.05, 3.63) is 105 Å². The standard InChI is InChI=1S/C27H22ClNO4/c1-2-3-14-32-20-11-6-8-17(15-20)24-23-25(30)21-12-4-5-13-22(21)33-26(23)27(31)29(24)19-10-7-9-18(28)16-19/h4-13,15-16,24H,2-3,14H2,1H3. The molecule has 1 atom stereocenters. The summed E-state index contributed by atoms with van der Waals surface area (Å²) in [6.45, 7) is 2.71. The zero-order chi connectivity index (χ0) is 22.9. The Morgan fingerprint density at radius 3 is 2.64 bits per heavy atom. The largest absolute Gasteiger partial charge is 0.494 e. The van der Waals surface area contributed by atoms with E-state index in [4.69, 9.17) is 20.8 Å². The second-order valence-corrected chi connectivity index (χ2v) is 8.44. The van der Waals surface area contributed by atoms with E-state index in [0.717, 1.165) is 18.4 Å². The van der Waals surface area contributed by atoms with E-state index >= 15 is 0 Å². The number of amides is 1. The van der Waals surface area contributed by atoms with Gasteiger partial charge in [0.1, 0.15) is 11.3 Å². The van der Waals surface area contributed by atoms with E-state index in [1.165, 1.54) is 0 Å². The highest BCUT2D eigenvalue weighted by atomic mass is 35.5. The summed E-state index contributed by atoms with van der Waals surface area (Å²) in [6, 6.07) is 20.9. The Hall–Kier alpha value is -3.57. The molecule has 4 aromatic rings. The minimum atomic E-state index is -0.665. The number of hydrogen-bond acceptors (Lipinski definition) is 4. The van der Waals surface area contributed by atoms with Gasteiger partial charge in [-0.2, -0.15) is 0 Å². The van der Waals surface area contributed by atoms with Crippen LogP contribution < -0.4 is 15.1 Å². The summed E-state index contributed by atoms with van der Waals surface area (Å²) in [7, 11) is 0. The monoisotopic (exact) mass is 459 g/mol. The number of ether oxygens (including phenoxy) is 1. The average Bonchev–Trinajstić information content (AvgIpc) is 3.12. The topological polar surface area (TPSA) is 59.8 Å². The van der Waals surface area contributed by atoms with Gasteiger partial charge < -0.3 is 9.15 Å². The Kier molecular flexibility index (Phi) is 5.65. The predicted molar refractivity (Wildman–Crippen MR) is 129 cm³/mol. The molecule has 5 rings (SSSR count). The van der Waals surface area contributed by atoms with Crippen LogP contribution in [-0.2, 0) is 0 Å². The highest BCUT2D eigenvalue weighted by molar-refractivity contribution is 6.31. The number of unbranched alkanes of at least 4 members (excludes halogenated alkanes) is 1. The van der Waals surface area contributed by atoms with Crippen LogP contribution >= 0.6 is 11.6 Å². The number of benzene rings is 3. The molecule has 166 valence electrons. The van der Waals surface area contributed by atoms with Crippen LogP contribution in [0.25, 0.3) is 11.0 Å². The van der Waals surface area contributed by atoms with Gasteiger partial charge in [-0.1, -0.05) is 55.3 Å². The molecule has 6 heteroatoms. The molecule has 0 fully saturated rings. The highest BCUT2D eigenvalue weighted by Crippen LogP contribution is 2.42. The molecular formula is C27H22ClNO4. The number of carbonyl (C=O) groups excluding carboxylic acids is 1. The van der Waals surface area contributed by atoms with Crippen molar-refractivity contribution in [2.24, 2.45) is 0 Å². The Morgan fingerprint density at radius 2 is 1.82 bits per heavy atom. The number of rotatable bonds is 6. The molecule has 0 saturated carbocycles. The van der Waals surface area contributed by atoms with E-state index in [1.54, 1.807) is 53.4 Å². The zero-order valence-electron chi connectivity index (χ0n) is 18.1. The smallest absolute Gasteiger partial charge is 0.295 e. The Morgan fingerprint density at radius 1 is 1.00 bits per heavy atom. The summed E-state index contributed by atoms with van der Waals surface area (Å²) in [5, 5.41) is 0.938. The highest BCUT2D eigenvalue weighted by Gasteiger charge is 2.43. The molecule has 0 bridgehead atoms. The van der Waals surface area contributed by atoms with Crippen LogP contribution in [0.2, 0.25) is 5.02 Å². The molecule has 1 amide bonds. The maximum absolute atomic E-state index is 13.6. The lowest BCUT2D eigenvalue weighted by Crippen LogP contribution is -2.29. The number of anilines is 1. The summed E-state index contributed by atoms with van der Waals surface area (Å²) >= 11 is 6.25. The normalized spacial score (nSPS) is 15.2. The van der Waals surface area contributed by atoms with E-state index < -0.39 is 6.04 Å². The van der Waals surface area contributed by atoms with Gasteiger partial charge in [-0.25, -0.2) is 0 Å². The summed E-state index contributed by atoms with van der Waals surface area (Å²) in [4.78, 5) is 28.8. The first-order valence-corrected chi connectivity index (χ1v) is 11.3. The molecule has 3 aromatic carbocycles. The molecule has 1 aromatic heterocycles. The van der Waals surface area contributed by atoms with Crippen molar-refractivity contribution in [3.8, 4) is 5.75 Å². The lowest BCUT2D eigenvalue weighted by Gasteiger charge is -2.25. The molecule has 0 N–H and O–H groups in total. The molecule has 0 aliphatic carbocycles. The Labute approximate surface area is 196 Å². The summed E-state index contributed by atoms with van der Waals surface area (Å²) in [5.74, 6) is 0.372. The summed E-state index contributed by atoms with van der Waals surface area (Å²) < 4.78 is 11.9.